The molecule has 0 aliphatic heterocycles. The normalized spacial score (nSPS) is 10.6. The Bertz CT molecular complexity index is 746. The van der Waals surface area contributed by atoms with Crippen molar-refractivity contribution in [2.45, 2.75) is 6.54 Å². The minimum Gasteiger partial charge on any atom is -0.365 e. The summed E-state index contributed by atoms with van der Waals surface area (Å²) in [4.78, 5) is 10.0. The van der Waals surface area contributed by atoms with E-state index in [2.05, 4.69) is 42.7 Å². The van der Waals surface area contributed by atoms with Crippen molar-refractivity contribution < 1.29 is 0 Å². The van der Waals surface area contributed by atoms with Gasteiger partial charge in [0.05, 0.1) is 6.54 Å². The van der Waals surface area contributed by atoms with Crippen molar-refractivity contribution in [2.75, 3.05) is 5.32 Å². The van der Waals surface area contributed by atoms with Crippen LogP contribution in [0.5, 0.6) is 0 Å². The van der Waals surface area contributed by atoms with Crippen molar-refractivity contribution in [2.24, 2.45) is 0 Å². The van der Waals surface area contributed by atoms with Crippen molar-refractivity contribution in [1.29, 1.82) is 0 Å². The fourth-order valence-electron chi connectivity index (χ4n) is 1.85. The summed E-state index contributed by atoms with van der Waals surface area (Å²) in [5.74, 6) is 1.34. The van der Waals surface area contributed by atoms with Gasteiger partial charge in [0, 0.05) is 26.4 Å². The smallest absolute Gasteiger partial charge is 0.163 e. The van der Waals surface area contributed by atoms with E-state index in [0.29, 0.717) is 17.5 Å². The van der Waals surface area contributed by atoms with E-state index in [4.69, 9.17) is 11.6 Å². The molecule has 106 valence electrons. The van der Waals surface area contributed by atoms with E-state index in [1.165, 1.54) is 4.88 Å². The number of nitrogens with one attached hydrogen (secondary N) is 1. The van der Waals surface area contributed by atoms with Crippen molar-refractivity contribution in [3.63, 3.8) is 0 Å². The van der Waals surface area contributed by atoms with Crippen molar-refractivity contribution in [3.05, 3.63) is 62.3 Å². The van der Waals surface area contributed by atoms with E-state index >= 15 is 0 Å². The molecule has 1 aromatic carbocycles. The second kappa shape index (κ2) is 6.56. The highest BCUT2D eigenvalue weighted by atomic mass is 79.9. The number of benzene rings is 1. The maximum Gasteiger partial charge on any atom is 0.163 e. The SMILES string of the molecule is Clc1cc(NCc2cc(Br)cs2)nc(-c2ccccc2)n1. The lowest BCUT2D eigenvalue weighted by molar-refractivity contribution is 1.10. The average Bonchev–Trinajstić information content (AvgIpc) is 2.91. The molecule has 0 radical (unpaired) electrons. The Morgan fingerprint density at radius 1 is 1.14 bits per heavy atom. The fourth-order valence-corrected chi connectivity index (χ4v) is 3.42. The molecule has 1 N–H and O–H groups in total. The predicted octanol–water partition coefficient (Wildman–Crippen LogP) is 5.23. The molecule has 0 fully saturated rings. The van der Waals surface area contributed by atoms with Gasteiger partial charge in [0.2, 0.25) is 0 Å². The zero-order chi connectivity index (χ0) is 14.7. The van der Waals surface area contributed by atoms with Gasteiger partial charge in [0.15, 0.2) is 5.82 Å². The van der Waals surface area contributed by atoms with Crippen LogP contribution in [0, 0.1) is 0 Å². The van der Waals surface area contributed by atoms with Gasteiger partial charge >= 0.3 is 0 Å². The second-order valence-electron chi connectivity index (χ2n) is 4.35. The van der Waals surface area contributed by atoms with E-state index in [1.807, 2.05) is 30.3 Å². The van der Waals surface area contributed by atoms with Gasteiger partial charge < -0.3 is 5.32 Å². The van der Waals surface area contributed by atoms with E-state index in [9.17, 15) is 0 Å². The van der Waals surface area contributed by atoms with Crippen LogP contribution in [0.25, 0.3) is 11.4 Å². The molecule has 0 atom stereocenters. The number of thiophene rings is 1. The molecular weight excluding hydrogens is 370 g/mol. The third-order valence-corrected chi connectivity index (χ3v) is 4.68. The van der Waals surface area contributed by atoms with Gasteiger partial charge in [-0.15, -0.1) is 11.3 Å². The van der Waals surface area contributed by atoms with Gasteiger partial charge in [-0.05, 0) is 22.0 Å². The van der Waals surface area contributed by atoms with Gasteiger partial charge in [-0.25, -0.2) is 9.97 Å². The van der Waals surface area contributed by atoms with Crippen LogP contribution in [0.4, 0.5) is 5.82 Å². The first-order valence-corrected chi connectivity index (χ1v) is 8.32. The molecule has 0 unspecified atom stereocenters. The lowest BCUT2D eigenvalue weighted by Gasteiger charge is -2.07. The number of anilines is 1. The molecule has 0 saturated heterocycles. The molecule has 0 bridgehead atoms. The summed E-state index contributed by atoms with van der Waals surface area (Å²) in [6.07, 6.45) is 0. The highest BCUT2D eigenvalue weighted by molar-refractivity contribution is 9.10. The first kappa shape index (κ1) is 14.5. The van der Waals surface area contributed by atoms with E-state index in [-0.39, 0.29) is 0 Å². The van der Waals surface area contributed by atoms with Crippen LogP contribution in [0.2, 0.25) is 5.15 Å². The summed E-state index contributed by atoms with van der Waals surface area (Å²) in [6, 6.07) is 13.6. The third-order valence-electron chi connectivity index (χ3n) is 2.79. The highest BCUT2D eigenvalue weighted by Crippen LogP contribution is 2.23. The lowest BCUT2D eigenvalue weighted by Crippen LogP contribution is -2.02. The first-order valence-electron chi connectivity index (χ1n) is 6.27. The number of aromatic nitrogens is 2. The summed E-state index contributed by atoms with van der Waals surface area (Å²) in [6.45, 7) is 0.706. The molecule has 0 saturated carbocycles. The fraction of sp³-hybridized carbons (Fsp3) is 0.0667. The van der Waals surface area contributed by atoms with E-state index < -0.39 is 0 Å². The van der Waals surface area contributed by atoms with Crippen LogP contribution in [0.3, 0.4) is 0 Å². The molecule has 0 aliphatic rings. The third kappa shape index (κ3) is 3.81. The monoisotopic (exact) mass is 379 g/mol. The van der Waals surface area contributed by atoms with Gasteiger partial charge in [-0.3, -0.25) is 0 Å². The average molecular weight is 381 g/mol. The number of rotatable bonds is 4. The molecule has 0 amide bonds. The van der Waals surface area contributed by atoms with Crippen LogP contribution in [0.1, 0.15) is 4.88 Å². The van der Waals surface area contributed by atoms with E-state index in [0.717, 1.165) is 15.9 Å². The number of hydrogen-bond donors (Lipinski definition) is 1. The topological polar surface area (TPSA) is 37.8 Å². The number of halogens is 2. The molecule has 0 aliphatic carbocycles. The number of hydrogen-bond acceptors (Lipinski definition) is 4. The van der Waals surface area contributed by atoms with Gasteiger partial charge in [-0.2, -0.15) is 0 Å². The molecule has 3 rings (SSSR count). The van der Waals surface area contributed by atoms with Crippen molar-refractivity contribution in [1.82, 2.24) is 9.97 Å². The van der Waals surface area contributed by atoms with Crippen LogP contribution in [-0.2, 0) is 6.54 Å². The Kier molecular flexibility index (Phi) is 4.53. The van der Waals surface area contributed by atoms with Crippen LogP contribution < -0.4 is 5.32 Å². The van der Waals surface area contributed by atoms with Crippen LogP contribution >= 0.6 is 38.9 Å². The largest absolute Gasteiger partial charge is 0.365 e. The maximum absolute atomic E-state index is 6.09. The summed E-state index contributed by atoms with van der Waals surface area (Å²) in [7, 11) is 0. The Morgan fingerprint density at radius 3 is 2.67 bits per heavy atom. The van der Waals surface area contributed by atoms with Gasteiger partial charge in [0.1, 0.15) is 11.0 Å². The highest BCUT2D eigenvalue weighted by Gasteiger charge is 2.06. The molecule has 2 aromatic heterocycles. The van der Waals surface area contributed by atoms with Crippen molar-refractivity contribution >= 4 is 44.7 Å². The molecule has 3 aromatic rings. The van der Waals surface area contributed by atoms with Gasteiger partial charge in [0.25, 0.3) is 0 Å². The predicted molar refractivity (Wildman–Crippen MR) is 91.8 cm³/mol. The molecular formula is C15H11BrClN3S. The van der Waals surface area contributed by atoms with Crippen molar-refractivity contribution in [3.8, 4) is 11.4 Å². The minimum atomic E-state index is 0.429. The molecule has 3 nitrogen and oxygen atoms in total. The quantitative estimate of drug-likeness (QED) is 0.629. The van der Waals surface area contributed by atoms with Crippen LogP contribution in [0.15, 0.2) is 52.3 Å². The Balaban J connectivity index is 1.81. The summed E-state index contributed by atoms with van der Waals surface area (Å²) in [5, 5.41) is 5.76. The van der Waals surface area contributed by atoms with E-state index in [1.54, 1.807) is 17.4 Å². The van der Waals surface area contributed by atoms with Gasteiger partial charge in [-0.1, -0.05) is 41.9 Å². The summed E-state index contributed by atoms with van der Waals surface area (Å²) in [5.41, 5.74) is 0.946. The molecule has 6 heteroatoms. The Labute approximate surface area is 140 Å². The molecule has 2 heterocycles. The zero-order valence-electron chi connectivity index (χ0n) is 10.9. The molecule has 21 heavy (non-hydrogen) atoms. The summed E-state index contributed by atoms with van der Waals surface area (Å²) >= 11 is 11.2. The minimum absolute atomic E-state index is 0.429. The second-order valence-corrected chi connectivity index (χ2v) is 6.65. The standard InChI is InChI=1S/C15H11BrClN3S/c16-11-6-12(21-9-11)8-18-14-7-13(17)19-15(20-14)10-4-2-1-3-5-10/h1-7,9H,8H2,(H,18,19,20). The summed E-state index contributed by atoms with van der Waals surface area (Å²) < 4.78 is 1.09. The first-order chi connectivity index (χ1) is 10.2. The number of nitrogens with zero attached hydrogens (tertiary/aromatic N) is 2. The zero-order valence-corrected chi connectivity index (χ0v) is 14.0. The maximum atomic E-state index is 6.09. The molecule has 0 spiro atoms. The lowest BCUT2D eigenvalue weighted by atomic mass is 10.2. The Morgan fingerprint density at radius 2 is 1.95 bits per heavy atom. The van der Waals surface area contributed by atoms with Crippen LogP contribution in [-0.4, -0.2) is 9.97 Å². The Hall–Kier alpha value is -1.43.